The minimum Gasteiger partial charge on any atom is -0.348 e. The van der Waals surface area contributed by atoms with E-state index in [0.717, 1.165) is 22.9 Å². The number of hydrogen-bond donors (Lipinski definition) is 2. The molecule has 0 bridgehead atoms. The summed E-state index contributed by atoms with van der Waals surface area (Å²) in [6.45, 7) is -0.417. The van der Waals surface area contributed by atoms with Crippen LogP contribution in [0.15, 0.2) is 22.7 Å². The molecule has 2 N–H and O–H groups in total. The molecule has 1 aromatic rings. The molecule has 0 radical (unpaired) electrons. The molecular weight excluding hydrogens is 366 g/mol. The van der Waals surface area contributed by atoms with Crippen LogP contribution in [0.1, 0.15) is 30.0 Å². The molecule has 2 atom stereocenters. The predicted molar refractivity (Wildman–Crippen MR) is 81.9 cm³/mol. The number of carbonyl (C=O) groups is 1. The molecule has 1 saturated heterocycles. The van der Waals surface area contributed by atoms with Crippen molar-refractivity contribution in [2.45, 2.75) is 37.3 Å². The van der Waals surface area contributed by atoms with E-state index in [1.54, 1.807) is 0 Å². The lowest BCUT2D eigenvalue weighted by Crippen LogP contribution is -2.41. The summed E-state index contributed by atoms with van der Waals surface area (Å²) in [6, 6.07) is 5.11. The van der Waals surface area contributed by atoms with E-state index in [-0.39, 0.29) is 24.4 Å². The minimum atomic E-state index is -2.78. The zero-order valence-electron chi connectivity index (χ0n) is 11.2. The highest BCUT2D eigenvalue weighted by molar-refractivity contribution is 9.10. The SMILES string of the molecule is Cl.O=C(NC1CCc2cc(Br)ccc21)C1CC(F)(F)CN1. The maximum Gasteiger partial charge on any atom is 0.262 e. The molecule has 1 aliphatic carbocycles. The number of alkyl halides is 2. The van der Waals surface area contributed by atoms with Gasteiger partial charge in [0.15, 0.2) is 0 Å². The van der Waals surface area contributed by atoms with Crippen molar-refractivity contribution in [2.24, 2.45) is 0 Å². The van der Waals surface area contributed by atoms with Crippen LogP contribution in [0.2, 0.25) is 0 Å². The summed E-state index contributed by atoms with van der Waals surface area (Å²) in [5, 5.41) is 5.47. The van der Waals surface area contributed by atoms with E-state index >= 15 is 0 Å². The number of fused-ring (bicyclic) bond motifs is 1. The van der Waals surface area contributed by atoms with Crippen molar-refractivity contribution in [1.29, 1.82) is 0 Å². The molecule has 1 fully saturated rings. The first-order valence-electron chi connectivity index (χ1n) is 6.64. The van der Waals surface area contributed by atoms with Gasteiger partial charge in [-0.05, 0) is 36.1 Å². The molecular formula is C14H16BrClF2N2O. The predicted octanol–water partition coefficient (Wildman–Crippen LogP) is 2.97. The van der Waals surface area contributed by atoms with Gasteiger partial charge in [0.2, 0.25) is 5.91 Å². The first-order chi connectivity index (χ1) is 9.44. The molecule has 7 heteroatoms. The highest BCUT2D eigenvalue weighted by Gasteiger charge is 2.42. The lowest BCUT2D eigenvalue weighted by atomic mass is 10.1. The molecule has 0 aromatic heterocycles. The van der Waals surface area contributed by atoms with Gasteiger partial charge in [0.1, 0.15) is 0 Å². The second-order valence-electron chi connectivity index (χ2n) is 5.44. The van der Waals surface area contributed by atoms with Gasteiger partial charge in [-0.25, -0.2) is 8.78 Å². The summed E-state index contributed by atoms with van der Waals surface area (Å²) < 4.78 is 27.2. The molecule has 0 saturated carbocycles. The Morgan fingerprint density at radius 1 is 1.43 bits per heavy atom. The first kappa shape index (κ1) is 16.6. The van der Waals surface area contributed by atoms with Crippen molar-refractivity contribution in [1.82, 2.24) is 10.6 Å². The van der Waals surface area contributed by atoms with Gasteiger partial charge in [-0.3, -0.25) is 10.1 Å². The molecule has 1 heterocycles. The van der Waals surface area contributed by atoms with E-state index in [9.17, 15) is 13.6 Å². The van der Waals surface area contributed by atoms with Crippen LogP contribution >= 0.6 is 28.3 Å². The Morgan fingerprint density at radius 2 is 2.19 bits per heavy atom. The summed E-state index contributed by atoms with van der Waals surface area (Å²) in [6.07, 6.45) is 1.30. The topological polar surface area (TPSA) is 41.1 Å². The molecule has 2 aliphatic rings. The summed E-state index contributed by atoms with van der Waals surface area (Å²) in [4.78, 5) is 12.0. The van der Waals surface area contributed by atoms with Crippen LogP contribution < -0.4 is 10.6 Å². The third-order valence-corrected chi connectivity index (χ3v) is 4.42. The van der Waals surface area contributed by atoms with Crippen molar-refractivity contribution in [3.63, 3.8) is 0 Å². The zero-order chi connectivity index (χ0) is 14.3. The number of carbonyl (C=O) groups excluding carboxylic acids is 1. The molecule has 1 aliphatic heterocycles. The maximum atomic E-state index is 13.1. The summed E-state index contributed by atoms with van der Waals surface area (Å²) in [7, 11) is 0. The van der Waals surface area contributed by atoms with E-state index < -0.39 is 24.9 Å². The summed E-state index contributed by atoms with van der Waals surface area (Å²) in [5.74, 6) is -3.11. The Balaban J connectivity index is 0.00000161. The number of hydrogen-bond acceptors (Lipinski definition) is 2. The average Bonchev–Trinajstić information content (AvgIpc) is 2.93. The van der Waals surface area contributed by atoms with E-state index in [1.165, 1.54) is 5.56 Å². The Hall–Kier alpha value is -0.720. The molecule has 3 rings (SSSR count). The van der Waals surface area contributed by atoms with E-state index in [2.05, 4.69) is 26.6 Å². The highest BCUT2D eigenvalue weighted by Crippen LogP contribution is 2.33. The fourth-order valence-electron chi connectivity index (χ4n) is 2.91. The van der Waals surface area contributed by atoms with Crippen molar-refractivity contribution >= 4 is 34.2 Å². The van der Waals surface area contributed by atoms with Gasteiger partial charge in [0.25, 0.3) is 5.92 Å². The first-order valence-corrected chi connectivity index (χ1v) is 7.44. The number of nitrogens with one attached hydrogen (secondary N) is 2. The minimum absolute atomic E-state index is 0. The van der Waals surface area contributed by atoms with Crippen LogP contribution in [0.4, 0.5) is 8.78 Å². The number of amides is 1. The van der Waals surface area contributed by atoms with Crippen LogP contribution in [0.25, 0.3) is 0 Å². The number of aryl methyl sites for hydroxylation is 1. The third-order valence-electron chi connectivity index (χ3n) is 3.93. The maximum absolute atomic E-state index is 13.1. The van der Waals surface area contributed by atoms with Crippen LogP contribution in [-0.2, 0) is 11.2 Å². The molecule has 1 aromatic carbocycles. The Labute approximate surface area is 136 Å². The standard InChI is InChI=1S/C14H15BrF2N2O.ClH/c15-9-2-3-10-8(5-9)1-4-11(10)19-13(20)12-6-14(16,17)7-18-12;/h2-3,5,11-12,18H,1,4,6-7H2,(H,19,20);1H. The number of halogens is 4. The van der Waals surface area contributed by atoms with Gasteiger partial charge in [-0.2, -0.15) is 0 Å². The molecule has 21 heavy (non-hydrogen) atoms. The lowest BCUT2D eigenvalue weighted by molar-refractivity contribution is -0.124. The molecule has 1 amide bonds. The normalized spacial score (nSPS) is 26.0. The molecule has 0 spiro atoms. The van der Waals surface area contributed by atoms with Crippen LogP contribution in [0, 0.1) is 0 Å². The number of benzene rings is 1. The van der Waals surface area contributed by atoms with Crippen molar-refractivity contribution in [2.75, 3.05) is 6.54 Å². The Kier molecular flexibility index (Phi) is 4.90. The molecule has 3 nitrogen and oxygen atoms in total. The van der Waals surface area contributed by atoms with Gasteiger partial charge in [0, 0.05) is 10.9 Å². The van der Waals surface area contributed by atoms with Crippen molar-refractivity contribution in [3.8, 4) is 0 Å². The second-order valence-corrected chi connectivity index (χ2v) is 6.35. The Bertz CT molecular complexity index is 556. The fourth-order valence-corrected chi connectivity index (χ4v) is 3.32. The molecule has 116 valence electrons. The van der Waals surface area contributed by atoms with E-state index in [4.69, 9.17) is 0 Å². The van der Waals surface area contributed by atoms with Crippen LogP contribution in [-0.4, -0.2) is 24.4 Å². The number of rotatable bonds is 2. The fraction of sp³-hybridized carbons (Fsp3) is 0.500. The highest BCUT2D eigenvalue weighted by atomic mass is 79.9. The van der Waals surface area contributed by atoms with E-state index in [1.807, 2.05) is 18.2 Å². The Morgan fingerprint density at radius 3 is 2.86 bits per heavy atom. The quantitative estimate of drug-likeness (QED) is 0.827. The van der Waals surface area contributed by atoms with Gasteiger partial charge in [-0.1, -0.05) is 22.0 Å². The lowest BCUT2D eigenvalue weighted by Gasteiger charge is -2.17. The average molecular weight is 382 g/mol. The van der Waals surface area contributed by atoms with Gasteiger partial charge in [0.05, 0.1) is 18.6 Å². The second kappa shape index (κ2) is 6.18. The third kappa shape index (κ3) is 3.55. The molecule has 2 unspecified atom stereocenters. The van der Waals surface area contributed by atoms with Crippen molar-refractivity contribution < 1.29 is 13.6 Å². The van der Waals surface area contributed by atoms with Gasteiger partial charge in [-0.15, -0.1) is 12.4 Å². The van der Waals surface area contributed by atoms with Gasteiger partial charge < -0.3 is 5.32 Å². The summed E-state index contributed by atoms with van der Waals surface area (Å²) in [5.41, 5.74) is 2.29. The van der Waals surface area contributed by atoms with Gasteiger partial charge >= 0.3 is 0 Å². The smallest absolute Gasteiger partial charge is 0.262 e. The zero-order valence-corrected chi connectivity index (χ0v) is 13.6. The van der Waals surface area contributed by atoms with Crippen molar-refractivity contribution in [3.05, 3.63) is 33.8 Å². The summed E-state index contributed by atoms with van der Waals surface area (Å²) >= 11 is 3.42. The van der Waals surface area contributed by atoms with E-state index in [0.29, 0.717) is 0 Å². The monoisotopic (exact) mass is 380 g/mol. The van der Waals surface area contributed by atoms with Crippen LogP contribution in [0.5, 0.6) is 0 Å². The van der Waals surface area contributed by atoms with Crippen LogP contribution in [0.3, 0.4) is 0 Å². The largest absolute Gasteiger partial charge is 0.348 e.